The molecule has 0 aromatic carbocycles. The molecule has 1 saturated heterocycles. The van der Waals surface area contributed by atoms with Crippen LogP contribution in [-0.4, -0.2) is 44.3 Å². The minimum Gasteiger partial charge on any atom is -0.376 e. The van der Waals surface area contributed by atoms with Gasteiger partial charge in [-0.2, -0.15) is 0 Å². The highest BCUT2D eigenvalue weighted by molar-refractivity contribution is 4.68. The van der Waals surface area contributed by atoms with Crippen molar-refractivity contribution in [2.45, 2.75) is 12.5 Å². The third kappa shape index (κ3) is 2.25. The van der Waals surface area contributed by atoms with E-state index in [1.807, 2.05) is 0 Å². The molecule has 3 heteroatoms. The van der Waals surface area contributed by atoms with Crippen LogP contribution in [0.25, 0.3) is 0 Å². The van der Waals surface area contributed by atoms with Crippen LogP contribution in [0, 0.1) is 0 Å². The number of nitrogens with zero attached hydrogens (tertiary/aromatic N) is 1. The molecule has 3 nitrogen and oxygen atoms in total. The Bertz CT molecular complexity index is 95.6. The van der Waals surface area contributed by atoms with Crippen molar-refractivity contribution in [2.75, 3.05) is 33.3 Å². The van der Waals surface area contributed by atoms with Crippen molar-refractivity contribution >= 4 is 0 Å². The average molecular weight is 144 g/mol. The molecule has 1 aliphatic rings. The molecule has 0 saturated carbocycles. The SMILES string of the molecule is CN1CCO[C@@H](CCN)C1. The number of likely N-dealkylation sites (N-methyl/N-ethyl adjacent to an activating group) is 1. The highest BCUT2D eigenvalue weighted by Crippen LogP contribution is 2.04. The van der Waals surface area contributed by atoms with Crippen molar-refractivity contribution in [1.82, 2.24) is 4.90 Å². The molecule has 1 atom stereocenters. The van der Waals surface area contributed by atoms with Gasteiger partial charge in [0.25, 0.3) is 0 Å². The summed E-state index contributed by atoms with van der Waals surface area (Å²) in [5.41, 5.74) is 5.41. The van der Waals surface area contributed by atoms with E-state index in [0.717, 1.165) is 32.7 Å². The lowest BCUT2D eigenvalue weighted by Gasteiger charge is -2.29. The van der Waals surface area contributed by atoms with Gasteiger partial charge in [-0.25, -0.2) is 0 Å². The van der Waals surface area contributed by atoms with Gasteiger partial charge in [-0.3, -0.25) is 0 Å². The second kappa shape index (κ2) is 3.91. The van der Waals surface area contributed by atoms with Crippen LogP contribution in [0.1, 0.15) is 6.42 Å². The third-order valence-electron chi connectivity index (χ3n) is 1.83. The molecule has 60 valence electrons. The van der Waals surface area contributed by atoms with Gasteiger partial charge in [0, 0.05) is 13.1 Å². The van der Waals surface area contributed by atoms with Gasteiger partial charge in [0.05, 0.1) is 12.7 Å². The second-order valence-electron chi connectivity index (χ2n) is 2.83. The van der Waals surface area contributed by atoms with Crippen LogP contribution in [0.3, 0.4) is 0 Å². The van der Waals surface area contributed by atoms with Gasteiger partial charge in [0.1, 0.15) is 0 Å². The summed E-state index contributed by atoms with van der Waals surface area (Å²) in [6, 6.07) is 0. The van der Waals surface area contributed by atoms with Gasteiger partial charge in [-0.1, -0.05) is 0 Å². The van der Waals surface area contributed by atoms with Crippen LogP contribution in [0.2, 0.25) is 0 Å². The molecule has 0 radical (unpaired) electrons. The van der Waals surface area contributed by atoms with E-state index >= 15 is 0 Å². The lowest BCUT2D eigenvalue weighted by molar-refractivity contribution is -0.0218. The van der Waals surface area contributed by atoms with Gasteiger partial charge in [-0.15, -0.1) is 0 Å². The minimum atomic E-state index is 0.378. The summed E-state index contributed by atoms with van der Waals surface area (Å²) >= 11 is 0. The van der Waals surface area contributed by atoms with Crippen molar-refractivity contribution < 1.29 is 4.74 Å². The number of rotatable bonds is 2. The monoisotopic (exact) mass is 144 g/mol. The summed E-state index contributed by atoms with van der Waals surface area (Å²) in [6.45, 7) is 3.69. The lowest BCUT2D eigenvalue weighted by Crippen LogP contribution is -2.40. The Balaban J connectivity index is 2.18. The first-order valence-corrected chi connectivity index (χ1v) is 3.83. The van der Waals surface area contributed by atoms with E-state index in [4.69, 9.17) is 10.5 Å². The molecule has 1 rings (SSSR count). The zero-order valence-electron chi connectivity index (χ0n) is 6.55. The molecule has 0 aromatic rings. The maximum atomic E-state index is 5.47. The van der Waals surface area contributed by atoms with Crippen molar-refractivity contribution in [2.24, 2.45) is 5.73 Å². The van der Waals surface area contributed by atoms with E-state index in [0.29, 0.717) is 6.10 Å². The molecule has 0 amide bonds. The Morgan fingerprint density at radius 3 is 3.10 bits per heavy atom. The lowest BCUT2D eigenvalue weighted by atomic mass is 10.2. The van der Waals surface area contributed by atoms with Gasteiger partial charge in [-0.05, 0) is 20.0 Å². The van der Waals surface area contributed by atoms with E-state index in [2.05, 4.69) is 11.9 Å². The van der Waals surface area contributed by atoms with Crippen LogP contribution < -0.4 is 5.73 Å². The molecule has 0 aromatic heterocycles. The van der Waals surface area contributed by atoms with Crippen molar-refractivity contribution in [3.05, 3.63) is 0 Å². The van der Waals surface area contributed by atoms with Crippen LogP contribution >= 0.6 is 0 Å². The first-order valence-electron chi connectivity index (χ1n) is 3.83. The molecule has 1 heterocycles. The zero-order chi connectivity index (χ0) is 7.40. The highest BCUT2D eigenvalue weighted by Gasteiger charge is 2.15. The highest BCUT2D eigenvalue weighted by atomic mass is 16.5. The third-order valence-corrected chi connectivity index (χ3v) is 1.83. The quantitative estimate of drug-likeness (QED) is 0.576. The predicted molar refractivity (Wildman–Crippen MR) is 40.9 cm³/mol. The average Bonchev–Trinajstić information content (AvgIpc) is 1.88. The van der Waals surface area contributed by atoms with E-state index in [-0.39, 0.29) is 0 Å². The molecule has 10 heavy (non-hydrogen) atoms. The number of ether oxygens (including phenoxy) is 1. The first-order chi connectivity index (χ1) is 4.83. The smallest absolute Gasteiger partial charge is 0.0714 e. The Morgan fingerprint density at radius 1 is 1.70 bits per heavy atom. The number of hydrogen-bond donors (Lipinski definition) is 1. The number of morpholine rings is 1. The van der Waals surface area contributed by atoms with Gasteiger partial charge < -0.3 is 15.4 Å². The van der Waals surface area contributed by atoms with Gasteiger partial charge >= 0.3 is 0 Å². The van der Waals surface area contributed by atoms with E-state index in [1.165, 1.54) is 0 Å². The maximum Gasteiger partial charge on any atom is 0.0714 e. The molecule has 1 aliphatic heterocycles. The first kappa shape index (κ1) is 7.98. The molecule has 0 aliphatic carbocycles. The Kier molecular flexibility index (Phi) is 3.12. The summed E-state index contributed by atoms with van der Waals surface area (Å²) in [5.74, 6) is 0. The summed E-state index contributed by atoms with van der Waals surface area (Å²) < 4.78 is 5.47. The summed E-state index contributed by atoms with van der Waals surface area (Å²) in [5, 5.41) is 0. The van der Waals surface area contributed by atoms with Crippen LogP contribution in [-0.2, 0) is 4.74 Å². The molecule has 2 N–H and O–H groups in total. The fourth-order valence-electron chi connectivity index (χ4n) is 1.23. The number of nitrogens with two attached hydrogens (primary N) is 1. The normalized spacial score (nSPS) is 28.8. The van der Waals surface area contributed by atoms with Gasteiger partial charge in [0.15, 0.2) is 0 Å². The summed E-state index contributed by atoms with van der Waals surface area (Å²) in [4.78, 5) is 2.28. The van der Waals surface area contributed by atoms with E-state index in [1.54, 1.807) is 0 Å². The minimum absolute atomic E-state index is 0.378. The molecule has 1 fully saturated rings. The van der Waals surface area contributed by atoms with Gasteiger partial charge in [0.2, 0.25) is 0 Å². The fourth-order valence-corrected chi connectivity index (χ4v) is 1.23. The van der Waals surface area contributed by atoms with E-state index < -0.39 is 0 Å². The topological polar surface area (TPSA) is 38.5 Å². The largest absolute Gasteiger partial charge is 0.376 e. The Labute approximate surface area is 62.1 Å². The Hall–Kier alpha value is -0.120. The van der Waals surface area contributed by atoms with Crippen LogP contribution in [0.15, 0.2) is 0 Å². The zero-order valence-corrected chi connectivity index (χ0v) is 6.55. The van der Waals surface area contributed by atoms with Crippen molar-refractivity contribution in [1.29, 1.82) is 0 Å². The number of hydrogen-bond acceptors (Lipinski definition) is 3. The fraction of sp³-hybridized carbons (Fsp3) is 1.00. The summed E-state index contributed by atoms with van der Waals surface area (Å²) in [7, 11) is 2.12. The second-order valence-corrected chi connectivity index (χ2v) is 2.83. The predicted octanol–water partition coefficient (Wildman–Crippen LogP) is -0.334. The molecule has 0 bridgehead atoms. The van der Waals surface area contributed by atoms with Crippen molar-refractivity contribution in [3.8, 4) is 0 Å². The van der Waals surface area contributed by atoms with Crippen LogP contribution in [0.5, 0.6) is 0 Å². The molecule has 0 unspecified atom stereocenters. The standard InChI is InChI=1S/C7H16N2O/c1-9-4-5-10-7(6-9)2-3-8/h7H,2-6,8H2,1H3/t7-/m0/s1. The Morgan fingerprint density at radius 2 is 2.50 bits per heavy atom. The maximum absolute atomic E-state index is 5.47. The van der Waals surface area contributed by atoms with E-state index in [9.17, 15) is 0 Å². The van der Waals surface area contributed by atoms with Crippen LogP contribution in [0.4, 0.5) is 0 Å². The molecule has 0 spiro atoms. The summed E-state index contributed by atoms with van der Waals surface area (Å²) in [6.07, 6.45) is 1.37. The van der Waals surface area contributed by atoms with Crippen molar-refractivity contribution in [3.63, 3.8) is 0 Å². The molecular weight excluding hydrogens is 128 g/mol. The molecular formula is C7H16N2O.